The maximum Gasteiger partial charge on any atom is 0.320 e. The summed E-state index contributed by atoms with van der Waals surface area (Å²) < 4.78 is 4.95. The first-order valence-electron chi connectivity index (χ1n) is 12.2. The van der Waals surface area contributed by atoms with Crippen LogP contribution in [0.3, 0.4) is 0 Å². The SMILES string of the molecule is CCNC(=O)Nc1cc(Nc2cccnc2)c(C(=O)Nc2ccc(NCC3(C(=O)OC)CCC3)nc2)cn1. The minimum atomic E-state index is -0.508. The molecule has 12 nitrogen and oxygen atoms in total. The molecule has 1 aliphatic rings. The van der Waals surface area contributed by atoms with Gasteiger partial charge in [-0.2, -0.15) is 0 Å². The van der Waals surface area contributed by atoms with Gasteiger partial charge in [-0.05, 0) is 44.0 Å². The van der Waals surface area contributed by atoms with Crippen LogP contribution in [0.5, 0.6) is 0 Å². The Kier molecular flexibility index (Phi) is 8.31. The minimum Gasteiger partial charge on any atom is -0.469 e. The number of carbonyl (C=O) groups excluding carboxylic acids is 3. The molecule has 0 aromatic carbocycles. The number of esters is 1. The molecule has 1 saturated carbocycles. The van der Waals surface area contributed by atoms with Crippen LogP contribution < -0.4 is 26.6 Å². The van der Waals surface area contributed by atoms with Gasteiger partial charge in [0.25, 0.3) is 5.91 Å². The Morgan fingerprint density at radius 2 is 1.82 bits per heavy atom. The molecular formula is C26H30N8O4. The van der Waals surface area contributed by atoms with Gasteiger partial charge in [-0.3, -0.25) is 19.9 Å². The topological polar surface area (TPSA) is 159 Å². The molecule has 0 spiro atoms. The number of rotatable bonds is 10. The number of amides is 3. The molecule has 3 heterocycles. The number of ether oxygens (including phenoxy) is 1. The maximum atomic E-state index is 13.2. The van der Waals surface area contributed by atoms with Crippen molar-refractivity contribution in [3.8, 4) is 0 Å². The normalized spacial score (nSPS) is 13.4. The molecule has 0 unspecified atom stereocenters. The van der Waals surface area contributed by atoms with E-state index in [1.54, 1.807) is 49.6 Å². The summed E-state index contributed by atoms with van der Waals surface area (Å²) in [6.45, 7) is 2.70. The number of nitrogens with one attached hydrogen (secondary N) is 5. The van der Waals surface area contributed by atoms with E-state index in [9.17, 15) is 14.4 Å². The highest BCUT2D eigenvalue weighted by atomic mass is 16.5. The van der Waals surface area contributed by atoms with Crippen LogP contribution in [0.15, 0.2) is 55.1 Å². The highest BCUT2D eigenvalue weighted by Gasteiger charge is 2.45. The molecule has 3 aromatic rings. The van der Waals surface area contributed by atoms with E-state index in [1.807, 2.05) is 0 Å². The fourth-order valence-corrected chi connectivity index (χ4v) is 4.03. The molecule has 1 fully saturated rings. The van der Waals surface area contributed by atoms with Crippen molar-refractivity contribution in [3.63, 3.8) is 0 Å². The van der Waals surface area contributed by atoms with E-state index in [1.165, 1.54) is 19.5 Å². The van der Waals surface area contributed by atoms with Gasteiger partial charge in [0, 0.05) is 31.5 Å². The van der Waals surface area contributed by atoms with Gasteiger partial charge in [0.1, 0.15) is 11.6 Å². The Labute approximate surface area is 220 Å². The predicted molar refractivity (Wildman–Crippen MR) is 143 cm³/mol. The largest absolute Gasteiger partial charge is 0.469 e. The molecule has 5 N–H and O–H groups in total. The summed E-state index contributed by atoms with van der Waals surface area (Å²) in [7, 11) is 1.40. The van der Waals surface area contributed by atoms with Gasteiger partial charge >= 0.3 is 12.0 Å². The monoisotopic (exact) mass is 518 g/mol. The third-order valence-electron chi connectivity index (χ3n) is 6.23. The summed E-state index contributed by atoms with van der Waals surface area (Å²) in [6.07, 6.45) is 8.71. The van der Waals surface area contributed by atoms with Crippen LogP contribution in [0.25, 0.3) is 0 Å². The number of anilines is 5. The molecule has 0 atom stereocenters. The van der Waals surface area contributed by atoms with E-state index in [-0.39, 0.29) is 17.4 Å². The number of nitrogens with zero attached hydrogens (tertiary/aromatic N) is 3. The van der Waals surface area contributed by atoms with Crippen molar-refractivity contribution in [3.05, 3.63) is 60.7 Å². The Morgan fingerprint density at radius 3 is 2.45 bits per heavy atom. The second kappa shape index (κ2) is 12.0. The average Bonchev–Trinajstić information content (AvgIpc) is 2.89. The van der Waals surface area contributed by atoms with Gasteiger partial charge < -0.3 is 26.0 Å². The molecule has 1 aliphatic carbocycles. The third kappa shape index (κ3) is 6.33. The predicted octanol–water partition coefficient (Wildman–Crippen LogP) is 3.76. The van der Waals surface area contributed by atoms with Crippen LogP contribution in [0.4, 0.5) is 33.5 Å². The molecule has 0 aliphatic heterocycles. The van der Waals surface area contributed by atoms with Crippen molar-refractivity contribution in [2.45, 2.75) is 26.2 Å². The number of hydrogen-bond donors (Lipinski definition) is 5. The third-order valence-corrected chi connectivity index (χ3v) is 6.23. The number of urea groups is 1. The van der Waals surface area contributed by atoms with E-state index < -0.39 is 17.4 Å². The maximum absolute atomic E-state index is 13.2. The second-order valence-electron chi connectivity index (χ2n) is 8.83. The number of methoxy groups -OCH3 is 1. The summed E-state index contributed by atoms with van der Waals surface area (Å²) in [5.41, 5.74) is 1.31. The zero-order valence-electron chi connectivity index (χ0n) is 21.2. The number of pyridine rings is 3. The van der Waals surface area contributed by atoms with Crippen LogP contribution in [0.2, 0.25) is 0 Å². The lowest BCUT2D eigenvalue weighted by Crippen LogP contribution is -2.44. The molecule has 3 amide bonds. The van der Waals surface area contributed by atoms with Crippen molar-refractivity contribution in [2.75, 3.05) is 41.5 Å². The zero-order valence-corrected chi connectivity index (χ0v) is 21.2. The summed E-state index contributed by atoms with van der Waals surface area (Å²) in [5, 5.41) is 14.4. The summed E-state index contributed by atoms with van der Waals surface area (Å²) in [5.74, 6) is 0.221. The van der Waals surface area contributed by atoms with Gasteiger partial charge in [0.15, 0.2) is 0 Å². The van der Waals surface area contributed by atoms with E-state index in [4.69, 9.17) is 4.74 Å². The van der Waals surface area contributed by atoms with Gasteiger partial charge in [-0.15, -0.1) is 0 Å². The van der Waals surface area contributed by atoms with Gasteiger partial charge in [0.2, 0.25) is 0 Å². The highest BCUT2D eigenvalue weighted by molar-refractivity contribution is 6.08. The fourth-order valence-electron chi connectivity index (χ4n) is 4.03. The molecule has 0 bridgehead atoms. The lowest BCUT2D eigenvalue weighted by Gasteiger charge is -2.38. The van der Waals surface area contributed by atoms with E-state index >= 15 is 0 Å². The average molecular weight is 519 g/mol. The lowest BCUT2D eigenvalue weighted by molar-refractivity contribution is -0.157. The van der Waals surface area contributed by atoms with Crippen LogP contribution in [0.1, 0.15) is 36.5 Å². The summed E-state index contributed by atoms with van der Waals surface area (Å²) in [4.78, 5) is 49.9. The Balaban J connectivity index is 1.45. The van der Waals surface area contributed by atoms with E-state index in [0.29, 0.717) is 36.0 Å². The van der Waals surface area contributed by atoms with Crippen molar-refractivity contribution in [2.24, 2.45) is 5.41 Å². The molecule has 38 heavy (non-hydrogen) atoms. The van der Waals surface area contributed by atoms with E-state index in [0.717, 1.165) is 19.3 Å². The van der Waals surface area contributed by atoms with Crippen molar-refractivity contribution < 1.29 is 19.1 Å². The fraction of sp³-hybridized carbons (Fsp3) is 0.308. The van der Waals surface area contributed by atoms with Gasteiger partial charge in [-0.25, -0.2) is 14.8 Å². The van der Waals surface area contributed by atoms with Crippen LogP contribution in [-0.2, 0) is 9.53 Å². The number of carbonyl (C=O) groups is 3. The van der Waals surface area contributed by atoms with Crippen molar-refractivity contribution in [1.82, 2.24) is 20.3 Å². The van der Waals surface area contributed by atoms with Gasteiger partial charge in [0.05, 0.1) is 47.5 Å². The van der Waals surface area contributed by atoms with Crippen LogP contribution >= 0.6 is 0 Å². The summed E-state index contributed by atoms with van der Waals surface area (Å²) in [6, 6.07) is 8.17. The van der Waals surface area contributed by atoms with Crippen LogP contribution in [0, 0.1) is 5.41 Å². The van der Waals surface area contributed by atoms with Crippen LogP contribution in [-0.4, -0.2) is 53.1 Å². The molecule has 0 radical (unpaired) electrons. The molecule has 3 aromatic heterocycles. The minimum absolute atomic E-state index is 0.211. The standard InChI is InChI=1S/C26H30N8O4/c1-3-28-25(37)34-22-12-20(32-17-6-4-11-27-13-17)19(15-30-22)23(35)33-18-7-8-21(29-14-18)31-16-26(9-5-10-26)24(36)38-2/h4,6-8,11-15H,3,5,9-10,16H2,1-2H3,(H,29,31)(H,33,35)(H3,28,30,32,34,37). The first kappa shape index (κ1) is 26.3. The molecule has 198 valence electrons. The molecule has 12 heteroatoms. The first-order valence-corrected chi connectivity index (χ1v) is 12.2. The second-order valence-corrected chi connectivity index (χ2v) is 8.83. The van der Waals surface area contributed by atoms with Gasteiger partial charge in [-0.1, -0.05) is 6.42 Å². The Bertz CT molecular complexity index is 1280. The first-order chi connectivity index (χ1) is 18.4. The van der Waals surface area contributed by atoms with Crippen molar-refractivity contribution >= 4 is 46.6 Å². The quantitative estimate of drug-likeness (QED) is 0.252. The van der Waals surface area contributed by atoms with Crippen molar-refractivity contribution in [1.29, 1.82) is 0 Å². The highest BCUT2D eigenvalue weighted by Crippen LogP contribution is 2.42. The molecule has 4 rings (SSSR count). The molecule has 0 saturated heterocycles. The smallest absolute Gasteiger partial charge is 0.320 e. The number of hydrogen-bond acceptors (Lipinski definition) is 9. The van der Waals surface area contributed by atoms with E-state index in [2.05, 4.69) is 41.5 Å². The zero-order chi connectivity index (χ0) is 27.0. The Morgan fingerprint density at radius 1 is 1.00 bits per heavy atom. The summed E-state index contributed by atoms with van der Waals surface area (Å²) >= 11 is 0. The molecular weight excluding hydrogens is 488 g/mol. The Hall–Kier alpha value is -4.74. The lowest BCUT2D eigenvalue weighted by atomic mass is 9.68. The number of aromatic nitrogens is 3.